The summed E-state index contributed by atoms with van der Waals surface area (Å²) in [6, 6.07) is 8.34. The lowest BCUT2D eigenvalue weighted by Gasteiger charge is -2.42. The molecule has 2 heterocycles. The molecule has 2 aliphatic rings. The van der Waals surface area contributed by atoms with Crippen molar-refractivity contribution < 1.29 is 9.90 Å². The fraction of sp³-hybridized carbons (Fsp3) is 0.500. The topological polar surface area (TPSA) is 82.1 Å². The molecule has 1 unspecified atom stereocenters. The van der Waals surface area contributed by atoms with Crippen molar-refractivity contribution in [2.75, 3.05) is 18.8 Å². The van der Waals surface area contributed by atoms with Crippen LogP contribution in [0.2, 0.25) is 0 Å². The van der Waals surface area contributed by atoms with E-state index in [2.05, 4.69) is 27.3 Å². The van der Waals surface area contributed by atoms with Gasteiger partial charge >= 0.3 is 0 Å². The van der Waals surface area contributed by atoms with Gasteiger partial charge in [-0.15, -0.1) is 5.10 Å². The Kier molecular flexibility index (Phi) is 4.29. The van der Waals surface area contributed by atoms with Gasteiger partial charge in [-0.2, -0.15) is 0 Å². The zero-order valence-electron chi connectivity index (χ0n) is 14.2. The van der Waals surface area contributed by atoms with Crippen LogP contribution in [0.5, 0.6) is 0 Å². The van der Waals surface area contributed by atoms with E-state index in [9.17, 15) is 9.90 Å². The van der Waals surface area contributed by atoms with E-state index in [1.54, 1.807) is 0 Å². The maximum absolute atomic E-state index is 12.5. The molecule has 1 aromatic heterocycles. The number of H-pyrrole nitrogens is 1. The molecule has 6 nitrogen and oxygen atoms in total. The summed E-state index contributed by atoms with van der Waals surface area (Å²) < 4.78 is 0. The fourth-order valence-corrected chi connectivity index (χ4v) is 4.88. The molecule has 0 radical (unpaired) electrons. The number of likely N-dealkylation sites (tertiary alicyclic amines) is 1. The molecule has 1 amide bonds. The van der Waals surface area contributed by atoms with Crippen LogP contribution in [0.3, 0.4) is 0 Å². The summed E-state index contributed by atoms with van der Waals surface area (Å²) in [5.41, 5.74) is 2.35. The summed E-state index contributed by atoms with van der Waals surface area (Å²) in [4.78, 5) is 18.6. The normalized spacial score (nSPS) is 21.5. The number of hydrogen-bond acceptors (Lipinski definition) is 5. The van der Waals surface area contributed by atoms with Crippen LogP contribution in [0.15, 0.2) is 29.4 Å². The van der Waals surface area contributed by atoms with Gasteiger partial charge in [0.1, 0.15) is 5.82 Å². The minimum absolute atomic E-state index is 0.114. The van der Waals surface area contributed by atoms with E-state index in [-0.39, 0.29) is 17.4 Å². The second-order valence-corrected chi connectivity index (χ2v) is 7.85. The van der Waals surface area contributed by atoms with Crippen molar-refractivity contribution in [1.82, 2.24) is 20.1 Å². The van der Waals surface area contributed by atoms with Gasteiger partial charge in [-0.25, -0.2) is 4.98 Å². The zero-order valence-corrected chi connectivity index (χ0v) is 15.1. The van der Waals surface area contributed by atoms with Gasteiger partial charge in [0.15, 0.2) is 0 Å². The second kappa shape index (κ2) is 6.46. The van der Waals surface area contributed by atoms with Gasteiger partial charge in [-0.1, -0.05) is 36.0 Å². The first-order chi connectivity index (χ1) is 12.1. The lowest BCUT2D eigenvalue weighted by molar-refractivity contribution is -0.130. The van der Waals surface area contributed by atoms with Crippen LogP contribution < -0.4 is 0 Å². The highest BCUT2D eigenvalue weighted by molar-refractivity contribution is 7.99. The number of nitrogens with zero attached hydrogens (tertiary/aromatic N) is 3. The van der Waals surface area contributed by atoms with E-state index in [0.717, 1.165) is 25.1 Å². The van der Waals surface area contributed by atoms with Crippen molar-refractivity contribution in [3.8, 4) is 0 Å². The number of hydrogen-bond donors (Lipinski definition) is 2. The Morgan fingerprint density at radius 2 is 2.16 bits per heavy atom. The number of benzene rings is 1. The average Bonchev–Trinajstić information content (AvgIpc) is 3.16. The molecule has 1 spiro atoms. The second-order valence-electron chi connectivity index (χ2n) is 6.91. The van der Waals surface area contributed by atoms with Crippen molar-refractivity contribution in [3.63, 3.8) is 0 Å². The highest BCUT2D eigenvalue weighted by atomic mass is 32.2. The molecule has 1 fully saturated rings. The van der Waals surface area contributed by atoms with Gasteiger partial charge in [0.05, 0.1) is 11.9 Å². The Morgan fingerprint density at radius 3 is 2.88 bits per heavy atom. The summed E-state index contributed by atoms with van der Waals surface area (Å²) in [7, 11) is 0. The molecule has 7 heteroatoms. The maximum Gasteiger partial charge on any atom is 0.233 e. The molecule has 25 heavy (non-hydrogen) atoms. The number of aliphatic hydroxyl groups is 1. The fourth-order valence-electron chi connectivity index (χ4n) is 4.13. The summed E-state index contributed by atoms with van der Waals surface area (Å²) in [6.07, 6.45) is 2.03. The molecule has 1 saturated heterocycles. The quantitative estimate of drug-likeness (QED) is 0.816. The third-order valence-electron chi connectivity index (χ3n) is 5.51. The predicted octanol–water partition coefficient (Wildman–Crippen LogP) is 1.68. The highest BCUT2D eigenvalue weighted by Gasteiger charge is 2.47. The summed E-state index contributed by atoms with van der Waals surface area (Å²) in [6.45, 7) is 3.23. The van der Waals surface area contributed by atoms with Crippen molar-refractivity contribution in [2.45, 2.75) is 42.9 Å². The molecular weight excluding hydrogens is 336 g/mol. The van der Waals surface area contributed by atoms with Gasteiger partial charge in [0.2, 0.25) is 11.1 Å². The molecule has 0 bridgehead atoms. The molecule has 4 rings (SSSR count). The minimum Gasteiger partial charge on any atom is -0.392 e. The first kappa shape index (κ1) is 16.6. The molecule has 1 aliphatic carbocycles. The monoisotopic (exact) mass is 358 g/mol. The van der Waals surface area contributed by atoms with Crippen molar-refractivity contribution in [2.24, 2.45) is 0 Å². The van der Waals surface area contributed by atoms with Crippen LogP contribution in [0.25, 0.3) is 0 Å². The summed E-state index contributed by atoms with van der Waals surface area (Å²) >= 11 is 1.36. The van der Waals surface area contributed by atoms with Crippen LogP contribution >= 0.6 is 11.8 Å². The van der Waals surface area contributed by atoms with Crippen molar-refractivity contribution >= 4 is 17.7 Å². The van der Waals surface area contributed by atoms with Crippen LogP contribution in [0.1, 0.15) is 29.8 Å². The Labute approximate surface area is 151 Å². The van der Waals surface area contributed by atoms with Crippen LogP contribution in [0.4, 0.5) is 0 Å². The number of piperidine rings is 1. The van der Waals surface area contributed by atoms with Gasteiger partial charge in [-0.05, 0) is 37.3 Å². The minimum atomic E-state index is -0.340. The van der Waals surface area contributed by atoms with E-state index < -0.39 is 0 Å². The number of thioether (sulfide) groups is 1. The van der Waals surface area contributed by atoms with E-state index in [0.29, 0.717) is 24.0 Å². The van der Waals surface area contributed by atoms with Gasteiger partial charge in [0.25, 0.3) is 0 Å². The zero-order chi connectivity index (χ0) is 17.4. The van der Waals surface area contributed by atoms with Gasteiger partial charge < -0.3 is 10.0 Å². The summed E-state index contributed by atoms with van der Waals surface area (Å²) in [5, 5.41) is 18.1. The average molecular weight is 358 g/mol. The van der Waals surface area contributed by atoms with E-state index >= 15 is 0 Å². The first-order valence-electron chi connectivity index (χ1n) is 8.64. The predicted molar refractivity (Wildman–Crippen MR) is 95.5 cm³/mol. The Hall–Kier alpha value is -1.86. The number of aromatic amines is 1. The first-order valence-corrected chi connectivity index (χ1v) is 9.63. The van der Waals surface area contributed by atoms with Crippen molar-refractivity contribution in [1.29, 1.82) is 0 Å². The number of aryl methyl sites for hydroxylation is 1. The Balaban J connectivity index is 1.39. The van der Waals surface area contributed by atoms with Crippen molar-refractivity contribution in [3.05, 3.63) is 41.2 Å². The molecule has 2 aromatic rings. The molecule has 1 aromatic carbocycles. The van der Waals surface area contributed by atoms with Crippen LogP contribution in [-0.4, -0.2) is 56.0 Å². The third kappa shape index (κ3) is 2.95. The number of nitrogens with one attached hydrogen (secondary N) is 1. The summed E-state index contributed by atoms with van der Waals surface area (Å²) in [5.74, 6) is 1.22. The maximum atomic E-state index is 12.5. The SMILES string of the molecule is Cc1nc(SCC(=O)N2CCC3(CC2)c2ccccc2CC3O)n[nH]1. The van der Waals surface area contributed by atoms with E-state index in [4.69, 9.17) is 0 Å². The number of aromatic nitrogens is 3. The molecule has 132 valence electrons. The van der Waals surface area contributed by atoms with Crippen LogP contribution in [-0.2, 0) is 16.6 Å². The molecule has 1 aliphatic heterocycles. The lowest BCUT2D eigenvalue weighted by Crippen LogP contribution is -2.49. The molecule has 2 N–H and O–H groups in total. The number of carbonyl (C=O) groups is 1. The number of carbonyl (C=O) groups excluding carboxylic acids is 1. The molecule has 1 atom stereocenters. The smallest absolute Gasteiger partial charge is 0.233 e. The molecule has 0 saturated carbocycles. The molecular formula is C18H22N4O2S. The highest BCUT2D eigenvalue weighted by Crippen LogP contribution is 2.46. The van der Waals surface area contributed by atoms with E-state index in [1.165, 1.54) is 22.9 Å². The van der Waals surface area contributed by atoms with Gasteiger partial charge in [-0.3, -0.25) is 9.89 Å². The lowest BCUT2D eigenvalue weighted by atomic mass is 9.72. The van der Waals surface area contributed by atoms with Crippen LogP contribution in [0, 0.1) is 6.92 Å². The third-order valence-corrected chi connectivity index (χ3v) is 6.35. The number of amides is 1. The number of aliphatic hydroxyl groups excluding tert-OH is 1. The number of fused-ring (bicyclic) bond motifs is 2. The largest absolute Gasteiger partial charge is 0.392 e. The Morgan fingerprint density at radius 1 is 1.40 bits per heavy atom. The number of rotatable bonds is 3. The standard InChI is InChI=1S/C18H22N4O2S/c1-12-19-17(21-20-12)25-11-16(24)22-8-6-18(7-9-22)14-5-3-2-4-13(14)10-15(18)23/h2-5,15,23H,6-11H2,1H3,(H,19,20,21). The Bertz CT molecular complexity index is 783. The van der Waals surface area contributed by atoms with Gasteiger partial charge in [0, 0.05) is 18.5 Å². The van der Waals surface area contributed by atoms with E-state index in [1.807, 2.05) is 24.0 Å².